The Morgan fingerprint density at radius 2 is 1.74 bits per heavy atom. The number of aliphatic hydroxyl groups excluding tert-OH is 1. The largest absolute Gasteiger partial charge is 0.491 e. The minimum Gasteiger partial charge on any atom is -0.491 e. The van der Waals surface area contributed by atoms with Crippen molar-refractivity contribution >= 4 is 16.9 Å². The Kier molecular flexibility index (Phi) is 7.62. The van der Waals surface area contributed by atoms with Gasteiger partial charge in [-0.15, -0.1) is 0 Å². The second kappa shape index (κ2) is 11.0. The zero-order valence-corrected chi connectivity index (χ0v) is 19.5. The number of carbonyl (C=O) groups is 1. The van der Waals surface area contributed by atoms with E-state index in [1.165, 1.54) is 10.5 Å². The van der Waals surface area contributed by atoms with Gasteiger partial charge in [0.05, 0.1) is 13.7 Å². The highest BCUT2D eigenvalue weighted by Gasteiger charge is 2.24. The first-order valence-corrected chi connectivity index (χ1v) is 11.5. The van der Waals surface area contributed by atoms with Crippen LogP contribution in [0.2, 0.25) is 0 Å². The van der Waals surface area contributed by atoms with E-state index in [1.54, 1.807) is 25.1 Å². The molecule has 0 spiro atoms. The van der Waals surface area contributed by atoms with Gasteiger partial charge >= 0.3 is 5.97 Å². The molecule has 4 aromatic rings. The van der Waals surface area contributed by atoms with E-state index < -0.39 is 12.1 Å². The number of furan rings is 1. The molecule has 0 radical (unpaired) electrons. The molecule has 1 unspecified atom stereocenters. The molecule has 34 heavy (non-hydrogen) atoms. The minimum absolute atomic E-state index is 0.149. The number of quaternary nitrogens is 1. The third-order valence-electron chi connectivity index (χ3n) is 5.55. The molecule has 0 aliphatic rings. The minimum atomic E-state index is -0.631. The first-order valence-electron chi connectivity index (χ1n) is 11.5. The van der Waals surface area contributed by atoms with Gasteiger partial charge in [-0.25, -0.2) is 4.79 Å². The average molecular weight is 461 g/mol. The summed E-state index contributed by atoms with van der Waals surface area (Å²) in [6.07, 6.45) is -0.631. The van der Waals surface area contributed by atoms with Crippen LogP contribution in [0.3, 0.4) is 0 Å². The van der Waals surface area contributed by atoms with Crippen molar-refractivity contribution < 1.29 is 28.7 Å². The number of likely N-dealkylation sites (N-methyl/N-ethyl adjacent to an activating group) is 1. The van der Waals surface area contributed by atoms with Crippen LogP contribution in [0.4, 0.5) is 0 Å². The molecule has 0 saturated carbocycles. The number of hydrogen-bond donors (Lipinski definition) is 2. The van der Waals surface area contributed by atoms with Crippen LogP contribution in [-0.4, -0.2) is 44.0 Å². The molecule has 6 heteroatoms. The standard InChI is InChI=1S/C28H29NO5/c1-3-32-28(31)26-24-16-23(14-15-25(24)34-27(26)21-12-8-5-9-13-21)33-19-22(30)18-29(2)17-20-10-6-4-7-11-20/h4-16,22,30H,3,17-19H2,1-2H3/p+1/t22-/m0/s1. The second-order valence-electron chi connectivity index (χ2n) is 8.34. The van der Waals surface area contributed by atoms with Crippen molar-refractivity contribution in [3.8, 4) is 17.1 Å². The molecule has 0 aliphatic heterocycles. The number of benzene rings is 3. The molecule has 1 aromatic heterocycles. The molecule has 2 atom stereocenters. The number of fused-ring (bicyclic) bond motifs is 1. The fraction of sp³-hybridized carbons (Fsp3) is 0.250. The Morgan fingerprint density at radius 3 is 2.44 bits per heavy atom. The molecule has 1 heterocycles. The van der Waals surface area contributed by atoms with Crippen LogP contribution < -0.4 is 9.64 Å². The zero-order chi connectivity index (χ0) is 23.9. The zero-order valence-electron chi connectivity index (χ0n) is 19.5. The van der Waals surface area contributed by atoms with E-state index in [0.717, 1.165) is 12.1 Å². The van der Waals surface area contributed by atoms with Crippen LogP contribution in [0.5, 0.6) is 5.75 Å². The highest BCUT2D eigenvalue weighted by Crippen LogP contribution is 2.36. The van der Waals surface area contributed by atoms with E-state index in [2.05, 4.69) is 12.1 Å². The predicted octanol–water partition coefficient (Wildman–Crippen LogP) is 3.73. The quantitative estimate of drug-likeness (QED) is 0.353. The monoisotopic (exact) mass is 460 g/mol. The summed E-state index contributed by atoms with van der Waals surface area (Å²) < 4.78 is 17.2. The van der Waals surface area contributed by atoms with Crippen molar-refractivity contribution in [2.45, 2.75) is 19.6 Å². The molecule has 2 N–H and O–H groups in total. The number of hydrogen-bond acceptors (Lipinski definition) is 5. The number of nitrogens with one attached hydrogen (secondary N) is 1. The molecule has 6 nitrogen and oxygen atoms in total. The maximum Gasteiger partial charge on any atom is 0.342 e. The van der Waals surface area contributed by atoms with Crippen molar-refractivity contribution in [3.05, 3.63) is 90.0 Å². The maximum absolute atomic E-state index is 12.8. The van der Waals surface area contributed by atoms with E-state index in [-0.39, 0.29) is 13.2 Å². The SMILES string of the molecule is CCOC(=O)c1c(-c2ccccc2)oc2ccc(OC[C@@H](O)C[NH+](C)Cc3ccccc3)cc12. The Labute approximate surface area is 199 Å². The maximum atomic E-state index is 12.8. The number of aliphatic hydroxyl groups is 1. The molecular weight excluding hydrogens is 430 g/mol. The molecule has 0 saturated heterocycles. The van der Waals surface area contributed by atoms with E-state index in [0.29, 0.717) is 34.6 Å². The molecule has 0 amide bonds. The van der Waals surface area contributed by atoms with E-state index in [1.807, 2.05) is 55.6 Å². The molecule has 0 bridgehead atoms. The molecule has 0 fully saturated rings. The normalized spacial score (nSPS) is 12.9. The number of rotatable bonds is 10. The summed E-state index contributed by atoms with van der Waals surface area (Å²) in [6.45, 7) is 3.56. The summed E-state index contributed by atoms with van der Waals surface area (Å²) in [5.41, 5.74) is 2.96. The van der Waals surface area contributed by atoms with Gasteiger partial charge in [-0.3, -0.25) is 0 Å². The first kappa shape index (κ1) is 23.5. The van der Waals surface area contributed by atoms with Gasteiger partial charge in [-0.2, -0.15) is 0 Å². The topological polar surface area (TPSA) is 73.3 Å². The second-order valence-corrected chi connectivity index (χ2v) is 8.34. The third kappa shape index (κ3) is 5.65. The van der Waals surface area contributed by atoms with Gasteiger partial charge < -0.3 is 23.9 Å². The van der Waals surface area contributed by atoms with Crippen LogP contribution in [0, 0.1) is 0 Å². The van der Waals surface area contributed by atoms with E-state index in [4.69, 9.17) is 13.9 Å². The van der Waals surface area contributed by atoms with Crippen molar-refractivity contribution in [2.75, 3.05) is 26.8 Å². The van der Waals surface area contributed by atoms with Crippen LogP contribution in [-0.2, 0) is 11.3 Å². The van der Waals surface area contributed by atoms with Gasteiger partial charge in [0.2, 0.25) is 0 Å². The molecule has 3 aromatic carbocycles. The van der Waals surface area contributed by atoms with Gasteiger partial charge in [0.1, 0.15) is 48.5 Å². The summed E-state index contributed by atoms with van der Waals surface area (Å²) in [5, 5.41) is 11.1. The van der Waals surface area contributed by atoms with Crippen molar-refractivity contribution in [1.82, 2.24) is 0 Å². The van der Waals surface area contributed by atoms with Gasteiger partial charge in [0.25, 0.3) is 0 Å². The Morgan fingerprint density at radius 1 is 1.03 bits per heavy atom. The molecule has 176 valence electrons. The van der Waals surface area contributed by atoms with E-state index in [9.17, 15) is 9.90 Å². The van der Waals surface area contributed by atoms with Crippen molar-refractivity contribution in [3.63, 3.8) is 0 Å². The highest BCUT2D eigenvalue weighted by atomic mass is 16.5. The summed E-state index contributed by atoms with van der Waals surface area (Å²) in [6, 6.07) is 25.0. The highest BCUT2D eigenvalue weighted by molar-refractivity contribution is 6.09. The first-order chi connectivity index (χ1) is 16.5. The van der Waals surface area contributed by atoms with Crippen LogP contribution in [0.1, 0.15) is 22.8 Å². The van der Waals surface area contributed by atoms with Crippen LogP contribution in [0.15, 0.2) is 83.3 Å². The fourth-order valence-corrected chi connectivity index (χ4v) is 4.04. The lowest BCUT2D eigenvalue weighted by Gasteiger charge is -2.18. The molecular formula is C28H30NO5+. The summed E-state index contributed by atoms with van der Waals surface area (Å²) in [5.74, 6) is 0.582. The predicted molar refractivity (Wildman–Crippen MR) is 131 cm³/mol. The lowest BCUT2D eigenvalue weighted by molar-refractivity contribution is -0.897. The number of carbonyl (C=O) groups excluding carboxylic acids is 1. The van der Waals surface area contributed by atoms with Gasteiger partial charge in [-0.05, 0) is 25.1 Å². The Hall–Kier alpha value is -3.61. The number of esters is 1. The average Bonchev–Trinajstić information content (AvgIpc) is 3.23. The van der Waals surface area contributed by atoms with Gasteiger partial charge in [0, 0.05) is 16.5 Å². The van der Waals surface area contributed by atoms with Gasteiger partial charge in [-0.1, -0.05) is 60.7 Å². The summed E-state index contributed by atoms with van der Waals surface area (Å²) in [4.78, 5) is 14.0. The van der Waals surface area contributed by atoms with Crippen LogP contribution in [0.25, 0.3) is 22.3 Å². The van der Waals surface area contributed by atoms with Crippen molar-refractivity contribution in [1.29, 1.82) is 0 Å². The molecule has 0 aliphatic carbocycles. The van der Waals surface area contributed by atoms with E-state index >= 15 is 0 Å². The summed E-state index contributed by atoms with van der Waals surface area (Å²) >= 11 is 0. The van der Waals surface area contributed by atoms with Gasteiger partial charge in [0.15, 0.2) is 0 Å². The lowest BCUT2D eigenvalue weighted by atomic mass is 10.1. The van der Waals surface area contributed by atoms with Crippen molar-refractivity contribution in [2.24, 2.45) is 0 Å². The Balaban J connectivity index is 1.49. The number of ether oxygens (including phenoxy) is 2. The third-order valence-corrected chi connectivity index (χ3v) is 5.55. The smallest absolute Gasteiger partial charge is 0.342 e. The molecule has 4 rings (SSSR count). The fourth-order valence-electron chi connectivity index (χ4n) is 4.04. The lowest BCUT2D eigenvalue weighted by Crippen LogP contribution is -3.09. The Bertz CT molecular complexity index is 1220. The van der Waals surface area contributed by atoms with Crippen LogP contribution >= 0.6 is 0 Å². The summed E-state index contributed by atoms with van der Waals surface area (Å²) in [7, 11) is 2.05.